The Morgan fingerprint density at radius 3 is 2.00 bits per heavy atom. The van der Waals surface area contributed by atoms with Gasteiger partial charge in [0.2, 0.25) is 0 Å². The summed E-state index contributed by atoms with van der Waals surface area (Å²) in [6.45, 7) is 1.96. The van der Waals surface area contributed by atoms with Gasteiger partial charge in [0.25, 0.3) is 5.91 Å². The molecule has 0 spiro atoms. The van der Waals surface area contributed by atoms with Crippen molar-refractivity contribution in [3.8, 4) is 11.1 Å². The number of nitrogens with zero attached hydrogens (tertiary/aromatic N) is 1. The quantitative estimate of drug-likeness (QED) is 0.631. The van der Waals surface area contributed by atoms with Crippen molar-refractivity contribution in [2.45, 2.75) is 6.92 Å². The number of anilines is 1. The third kappa shape index (κ3) is 4.13. The van der Waals surface area contributed by atoms with Crippen LogP contribution in [0.2, 0.25) is 0 Å². The van der Waals surface area contributed by atoms with E-state index in [0.717, 1.165) is 21.0 Å². The number of urea groups is 1. The van der Waals surface area contributed by atoms with Crippen LogP contribution in [0.15, 0.2) is 78.9 Å². The van der Waals surface area contributed by atoms with Crippen molar-refractivity contribution in [3.63, 3.8) is 0 Å². The first-order valence-electron chi connectivity index (χ1n) is 8.11. The van der Waals surface area contributed by atoms with Crippen LogP contribution in [-0.4, -0.2) is 16.2 Å². The van der Waals surface area contributed by atoms with E-state index in [-0.39, 0.29) is 0 Å². The number of nitrogens with one attached hydrogen (secondary N) is 1. The number of benzene rings is 3. The monoisotopic (exact) mass is 362 g/mol. The van der Waals surface area contributed by atoms with Gasteiger partial charge in [-0.3, -0.25) is 4.79 Å². The number of carbonyl (C=O) groups excluding carboxylic acids is 2. The van der Waals surface area contributed by atoms with Crippen molar-refractivity contribution in [3.05, 3.63) is 90.0 Å². The molecule has 130 valence electrons. The highest BCUT2D eigenvalue weighted by molar-refractivity contribution is 7.79. The van der Waals surface area contributed by atoms with Crippen molar-refractivity contribution >= 4 is 30.4 Å². The summed E-state index contributed by atoms with van der Waals surface area (Å²) < 4.78 is 0.775. The molecule has 0 fully saturated rings. The van der Waals surface area contributed by atoms with Crippen LogP contribution >= 0.6 is 12.8 Å². The van der Waals surface area contributed by atoms with Crippen LogP contribution in [0, 0.1) is 6.92 Å². The Labute approximate surface area is 158 Å². The van der Waals surface area contributed by atoms with Gasteiger partial charge in [-0.05, 0) is 42.3 Å². The molecule has 26 heavy (non-hydrogen) atoms. The van der Waals surface area contributed by atoms with Gasteiger partial charge in [0.1, 0.15) is 0 Å². The molecule has 0 aliphatic heterocycles. The maximum Gasteiger partial charge on any atom is 0.338 e. The van der Waals surface area contributed by atoms with Crippen LogP contribution in [-0.2, 0) is 0 Å². The molecule has 3 aromatic carbocycles. The molecule has 0 radical (unpaired) electrons. The zero-order valence-electron chi connectivity index (χ0n) is 14.2. The Hall–Kier alpha value is -3.05. The molecule has 0 unspecified atom stereocenters. The van der Waals surface area contributed by atoms with E-state index in [1.807, 2.05) is 61.5 Å². The third-order valence-corrected chi connectivity index (χ3v) is 4.29. The highest BCUT2D eigenvalue weighted by atomic mass is 32.1. The number of hydrogen-bond acceptors (Lipinski definition) is 3. The van der Waals surface area contributed by atoms with Crippen LogP contribution in [0.25, 0.3) is 11.1 Å². The third-order valence-electron chi connectivity index (χ3n) is 3.93. The molecule has 0 saturated carbocycles. The number of amides is 3. The molecule has 3 rings (SSSR count). The highest BCUT2D eigenvalue weighted by Crippen LogP contribution is 2.20. The topological polar surface area (TPSA) is 49.4 Å². The second kappa shape index (κ2) is 7.89. The molecular weight excluding hydrogens is 344 g/mol. The van der Waals surface area contributed by atoms with E-state index >= 15 is 0 Å². The minimum atomic E-state index is -0.602. The lowest BCUT2D eigenvalue weighted by Gasteiger charge is -2.15. The van der Waals surface area contributed by atoms with E-state index in [4.69, 9.17) is 0 Å². The lowest BCUT2D eigenvalue weighted by Crippen LogP contribution is -2.32. The molecular formula is C21H18N2O2S. The van der Waals surface area contributed by atoms with E-state index in [1.54, 1.807) is 24.3 Å². The molecule has 0 aliphatic rings. The summed E-state index contributed by atoms with van der Waals surface area (Å²) in [4.78, 5) is 24.7. The normalized spacial score (nSPS) is 10.2. The largest absolute Gasteiger partial charge is 0.338 e. The minimum Gasteiger partial charge on any atom is -0.307 e. The van der Waals surface area contributed by atoms with Crippen LogP contribution in [0.3, 0.4) is 0 Å². The average molecular weight is 362 g/mol. The highest BCUT2D eigenvalue weighted by Gasteiger charge is 2.20. The van der Waals surface area contributed by atoms with Crippen molar-refractivity contribution in [2.24, 2.45) is 0 Å². The molecule has 3 aromatic rings. The van der Waals surface area contributed by atoms with Gasteiger partial charge in [0.15, 0.2) is 0 Å². The molecule has 4 nitrogen and oxygen atoms in total. The standard InChI is InChI=1S/C21H18N2O2S/c1-15-7-13-19(14-8-15)22-21(25)23(26)20(24)18-11-9-17(10-12-18)16-5-3-2-4-6-16/h2-14,26H,1H3,(H,22,25). The van der Waals surface area contributed by atoms with E-state index in [0.29, 0.717) is 11.3 Å². The Bertz CT molecular complexity index is 907. The predicted molar refractivity (Wildman–Crippen MR) is 107 cm³/mol. The van der Waals surface area contributed by atoms with E-state index in [2.05, 4.69) is 18.1 Å². The summed E-state index contributed by atoms with van der Waals surface area (Å²) in [5, 5.41) is 2.65. The van der Waals surface area contributed by atoms with Gasteiger partial charge in [0, 0.05) is 11.3 Å². The number of rotatable bonds is 3. The maximum atomic E-state index is 12.5. The zero-order valence-corrected chi connectivity index (χ0v) is 15.1. The molecule has 0 saturated heterocycles. The molecule has 5 heteroatoms. The first-order chi connectivity index (χ1) is 12.5. The number of hydrogen-bond donors (Lipinski definition) is 2. The fraction of sp³-hybridized carbons (Fsp3) is 0.0476. The number of carbonyl (C=O) groups is 2. The zero-order chi connectivity index (χ0) is 18.5. The molecule has 0 aromatic heterocycles. The molecule has 0 aliphatic carbocycles. The summed E-state index contributed by atoms with van der Waals surface area (Å²) in [7, 11) is 0. The average Bonchev–Trinajstić information content (AvgIpc) is 2.69. The van der Waals surface area contributed by atoms with Gasteiger partial charge in [-0.1, -0.05) is 73.0 Å². The molecule has 0 heterocycles. The fourth-order valence-corrected chi connectivity index (χ4v) is 2.63. The Morgan fingerprint density at radius 2 is 1.38 bits per heavy atom. The van der Waals surface area contributed by atoms with Gasteiger partial charge in [-0.2, -0.15) is 0 Å². The minimum absolute atomic E-state index is 0.388. The van der Waals surface area contributed by atoms with Crippen LogP contribution < -0.4 is 5.32 Å². The first-order valence-corrected chi connectivity index (χ1v) is 8.51. The van der Waals surface area contributed by atoms with Crippen molar-refractivity contribution in [2.75, 3.05) is 5.32 Å². The van der Waals surface area contributed by atoms with Crippen LogP contribution in [0.1, 0.15) is 15.9 Å². The Morgan fingerprint density at radius 1 is 0.808 bits per heavy atom. The second-order valence-corrected chi connectivity index (χ2v) is 6.26. The van der Waals surface area contributed by atoms with E-state index in [9.17, 15) is 9.59 Å². The maximum absolute atomic E-state index is 12.5. The van der Waals surface area contributed by atoms with Gasteiger partial charge in [-0.15, -0.1) is 0 Å². The lowest BCUT2D eigenvalue weighted by molar-refractivity contribution is 0.0902. The van der Waals surface area contributed by atoms with E-state index < -0.39 is 11.9 Å². The predicted octanol–water partition coefficient (Wildman–Crippen LogP) is 5.18. The summed E-state index contributed by atoms with van der Waals surface area (Å²) in [6, 6.07) is 23.6. The van der Waals surface area contributed by atoms with Gasteiger partial charge >= 0.3 is 6.03 Å². The Balaban J connectivity index is 1.69. The SMILES string of the molecule is Cc1ccc(NC(=O)N(S)C(=O)c2ccc(-c3ccccc3)cc2)cc1. The summed E-state index contributed by atoms with van der Waals surface area (Å²) in [5.41, 5.74) is 4.13. The first kappa shape index (κ1) is 17.8. The molecule has 0 bridgehead atoms. The van der Waals surface area contributed by atoms with Gasteiger partial charge < -0.3 is 5.32 Å². The van der Waals surface area contributed by atoms with Crippen molar-refractivity contribution in [1.29, 1.82) is 0 Å². The van der Waals surface area contributed by atoms with Crippen molar-refractivity contribution < 1.29 is 9.59 Å². The van der Waals surface area contributed by atoms with Gasteiger partial charge in [0.05, 0.1) is 0 Å². The summed E-state index contributed by atoms with van der Waals surface area (Å²) in [5.74, 6) is -0.488. The smallest absolute Gasteiger partial charge is 0.307 e. The number of thiol groups is 1. The Kier molecular flexibility index (Phi) is 5.39. The van der Waals surface area contributed by atoms with Crippen molar-refractivity contribution in [1.82, 2.24) is 4.31 Å². The molecule has 3 amide bonds. The number of imide groups is 1. The molecule has 0 atom stereocenters. The van der Waals surface area contributed by atoms with E-state index in [1.165, 1.54) is 0 Å². The molecule has 1 N–H and O–H groups in total. The number of aryl methyl sites for hydroxylation is 1. The second-order valence-electron chi connectivity index (χ2n) is 5.86. The van der Waals surface area contributed by atoms with Gasteiger partial charge in [-0.25, -0.2) is 9.10 Å². The summed E-state index contributed by atoms with van der Waals surface area (Å²) in [6.07, 6.45) is 0. The fourth-order valence-electron chi connectivity index (χ4n) is 2.46. The summed E-state index contributed by atoms with van der Waals surface area (Å²) >= 11 is 4.05. The van der Waals surface area contributed by atoms with Crippen LogP contribution in [0.4, 0.5) is 10.5 Å². The lowest BCUT2D eigenvalue weighted by atomic mass is 10.0. The van der Waals surface area contributed by atoms with Crippen LogP contribution in [0.5, 0.6) is 0 Å².